The van der Waals surface area contributed by atoms with E-state index in [0.717, 1.165) is 11.1 Å². The maximum absolute atomic E-state index is 13.0. The Kier molecular flexibility index (Phi) is 3.66. The molecule has 0 aliphatic carbocycles. The summed E-state index contributed by atoms with van der Waals surface area (Å²) in [6, 6.07) is 7.58. The fraction of sp³-hybridized carbons (Fsp3) is 0.333. The Bertz CT molecular complexity index is 537. The summed E-state index contributed by atoms with van der Waals surface area (Å²) in [6.45, 7) is 2.17. The number of rotatable bonds is 4. The predicted molar refractivity (Wildman–Crippen MR) is 63.2 cm³/mol. The van der Waals surface area contributed by atoms with Gasteiger partial charge >= 0.3 is 0 Å². The van der Waals surface area contributed by atoms with Crippen molar-refractivity contribution in [1.82, 2.24) is 15.0 Å². The third kappa shape index (κ3) is 2.38. The van der Waals surface area contributed by atoms with E-state index in [1.54, 1.807) is 0 Å². The van der Waals surface area contributed by atoms with Crippen LogP contribution in [0.25, 0.3) is 0 Å². The molecule has 6 heteroatoms. The molecular formula is C12H14F2N4. The minimum absolute atomic E-state index is 0.0343. The summed E-state index contributed by atoms with van der Waals surface area (Å²) >= 11 is 0. The van der Waals surface area contributed by atoms with Crippen molar-refractivity contribution >= 4 is 0 Å². The van der Waals surface area contributed by atoms with Gasteiger partial charge in [-0.15, -0.1) is 5.10 Å². The average molecular weight is 252 g/mol. The highest BCUT2D eigenvalue weighted by atomic mass is 19.3. The summed E-state index contributed by atoms with van der Waals surface area (Å²) in [5.74, 6) is 0. The van der Waals surface area contributed by atoms with Gasteiger partial charge in [0.2, 0.25) is 0 Å². The summed E-state index contributed by atoms with van der Waals surface area (Å²) in [6.07, 6.45) is -2.62. The minimum Gasteiger partial charge on any atom is -0.325 e. The van der Waals surface area contributed by atoms with Crippen LogP contribution in [0.4, 0.5) is 8.78 Å². The van der Waals surface area contributed by atoms with E-state index in [4.69, 9.17) is 5.73 Å². The third-order valence-corrected chi connectivity index (χ3v) is 2.83. The molecule has 18 heavy (non-hydrogen) atoms. The second kappa shape index (κ2) is 5.22. The fourth-order valence-electron chi connectivity index (χ4n) is 1.81. The number of alkyl halides is 2. The Labute approximate surface area is 103 Å². The number of nitrogens with two attached hydrogens (primary N) is 1. The van der Waals surface area contributed by atoms with Gasteiger partial charge in [0.05, 0.1) is 6.54 Å². The molecule has 96 valence electrons. The average Bonchev–Trinajstić information content (AvgIpc) is 2.75. The van der Waals surface area contributed by atoms with Crippen molar-refractivity contribution in [1.29, 1.82) is 0 Å². The monoisotopic (exact) mass is 252 g/mol. The minimum atomic E-state index is -2.62. The predicted octanol–water partition coefficient (Wildman–Crippen LogP) is 2.03. The number of aromatic nitrogens is 3. The van der Waals surface area contributed by atoms with E-state index >= 15 is 0 Å². The van der Waals surface area contributed by atoms with Crippen molar-refractivity contribution in [2.75, 3.05) is 0 Å². The fourth-order valence-corrected chi connectivity index (χ4v) is 1.81. The van der Waals surface area contributed by atoms with Crippen LogP contribution in [0.5, 0.6) is 0 Å². The van der Waals surface area contributed by atoms with Crippen LogP contribution in [-0.4, -0.2) is 15.0 Å². The zero-order valence-corrected chi connectivity index (χ0v) is 9.98. The Balaban J connectivity index is 2.35. The van der Waals surface area contributed by atoms with Crippen molar-refractivity contribution < 1.29 is 8.78 Å². The van der Waals surface area contributed by atoms with Crippen LogP contribution in [0.2, 0.25) is 0 Å². The highest BCUT2D eigenvalue weighted by Crippen LogP contribution is 2.22. The normalized spacial score (nSPS) is 11.2. The first-order valence-electron chi connectivity index (χ1n) is 5.58. The molecule has 1 heterocycles. The first-order valence-corrected chi connectivity index (χ1v) is 5.58. The molecule has 4 nitrogen and oxygen atoms in total. The van der Waals surface area contributed by atoms with Crippen LogP contribution in [0, 0.1) is 6.92 Å². The molecule has 2 N–H and O–H groups in total. The molecule has 0 fully saturated rings. The molecule has 0 amide bonds. The lowest BCUT2D eigenvalue weighted by molar-refractivity contribution is 0.138. The SMILES string of the molecule is Cc1ccccc1Cn1nnc(CN)c1C(F)F. The molecule has 0 atom stereocenters. The second-order valence-electron chi connectivity index (χ2n) is 4.01. The summed E-state index contributed by atoms with van der Waals surface area (Å²) < 4.78 is 27.1. The van der Waals surface area contributed by atoms with Gasteiger partial charge in [0.1, 0.15) is 11.4 Å². The summed E-state index contributed by atoms with van der Waals surface area (Å²) in [5, 5.41) is 7.44. The lowest BCUT2D eigenvalue weighted by Gasteiger charge is -2.08. The zero-order valence-electron chi connectivity index (χ0n) is 9.98. The van der Waals surface area contributed by atoms with Crippen molar-refractivity contribution in [2.45, 2.75) is 26.4 Å². The Hall–Kier alpha value is -1.82. The first-order chi connectivity index (χ1) is 8.63. The van der Waals surface area contributed by atoms with E-state index in [9.17, 15) is 8.78 Å². The van der Waals surface area contributed by atoms with Crippen molar-refractivity contribution in [3.63, 3.8) is 0 Å². The van der Waals surface area contributed by atoms with Crippen LogP contribution in [0.3, 0.4) is 0 Å². The Morgan fingerprint density at radius 3 is 2.67 bits per heavy atom. The van der Waals surface area contributed by atoms with Gasteiger partial charge in [-0.1, -0.05) is 29.5 Å². The van der Waals surface area contributed by atoms with Crippen LogP contribution in [0.1, 0.15) is 28.9 Å². The van der Waals surface area contributed by atoms with Gasteiger partial charge < -0.3 is 5.73 Å². The molecule has 0 bridgehead atoms. The molecule has 0 aliphatic rings. The number of aryl methyl sites for hydroxylation is 1. The molecule has 1 aromatic heterocycles. The summed E-state index contributed by atoms with van der Waals surface area (Å²) in [4.78, 5) is 0. The molecule has 0 spiro atoms. The van der Waals surface area contributed by atoms with Crippen molar-refractivity contribution in [3.05, 3.63) is 46.8 Å². The quantitative estimate of drug-likeness (QED) is 0.905. The maximum Gasteiger partial charge on any atom is 0.281 e. The van der Waals surface area contributed by atoms with E-state index in [0.29, 0.717) is 0 Å². The molecule has 0 saturated carbocycles. The van der Waals surface area contributed by atoms with Gasteiger partial charge in [-0.2, -0.15) is 0 Å². The Morgan fingerprint density at radius 2 is 2.06 bits per heavy atom. The van der Waals surface area contributed by atoms with Gasteiger partial charge in [-0.3, -0.25) is 0 Å². The molecule has 2 aromatic rings. The zero-order chi connectivity index (χ0) is 13.1. The van der Waals surface area contributed by atoms with E-state index in [1.807, 2.05) is 31.2 Å². The topological polar surface area (TPSA) is 56.7 Å². The van der Waals surface area contributed by atoms with E-state index in [1.165, 1.54) is 4.68 Å². The highest BCUT2D eigenvalue weighted by Gasteiger charge is 2.21. The molecular weight excluding hydrogens is 238 g/mol. The smallest absolute Gasteiger partial charge is 0.281 e. The van der Waals surface area contributed by atoms with E-state index in [2.05, 4.69) is 10.3 Å². The van der Waals surface area contributed by atoms with Gasteiger partial charge in [-0.25, -0.2) is 13.5 Å². The lowest BCUT2D eigenvalue weighted by atomic mass is 10.1. The standard InChI is InChI=1S/C12H14F2N4/c1-8-4-2-3-5-9(8)7-18-11(12(13)14)10(6-15)16-17-18/h2-5,12H,6-7,15H2,1H3. The first kappa shape index (κ1) is 12.6. The molecule has 0 saturated heterocycles. The third-order valence-electron chi connectivity index (χ3n) is 2.83. The number of benzene rings is 1. The van der Waals surface area contributed by atoms with E-state index in [-0.39, 0.29) is 24.5 Å². The van der Waals surface area contributed by atoms with Crippen LogP contribution >= 0.6 is 0 Å². The number of halogens is 2. The number of nitrogens with zero attached hydrogens (tertiary/aromatic N) is 3. The van der Waals surface area contributed by atoms with Crippen molar-refractivity contribution in [2.24, 2.45) is 5.73 Å². The molecule has 2 rings (SSSR count). The molecule has 0 unspecified atom stereocenters. The van der Waals surface area contributed by atoms with Crippen molar-refractivity contribution in [3.8, 4) is 0 Å². The highest BCUT2D eigenvalue weighted by molar-refractivity contribution is 5.26. The molecule has 1 aromatic carbocycles. The van der Waals surface area contributed by atoms with Gasteiger partial charge in [0.15, 0.2) is 0 Å². The maximum atomic E-state index is 13.0. The van der Waals surface area contributed by atoms with Gasteiger partial charge in [0, 0.05) is 6.54 Å². The summed E-state index contributed by atoms with van der Waals surface area (Å²) in [7, 11) is 0. The van der Waals surface area contributed by atoms with E-state index < -0.39 is 6.43 Å². The Morgan fingerprint density at radius 1 is 1.33 bits per heavy atom. The second-order valence-corrected chi connectivity index (χ2v) is 4.01. The largest absolute Gasteiger partial charge is 0.325 e. The number of hydrogen-bond donors (Lipinski definition) is 1. The lowest BCUT2D eigenvalue weighted by Crippen LogP contribution is -2.10. The van der Waals surface area contributed by atoms with Crippen LogP contribution in [0.15, 0.2) is 24.3 Å². The summed E-state index contributed by atoms with van der Waals surface area (Å²) in [5.41, 5.74) is 7.30. The van der Waals surface area contributed by atoms with Crippen LogP contribution in [-0.2, 0) is 13.1 Å². The van der Waals surface area contributed by atoms with Gasteiger partial charge in [0.25, 0.3) is 6.43 Å². The van der Waals surface area contributed by atoms with Crippen LogP contribution < -0.4 is 5.73 Å². The molecule has 0 aliphatic heterocycles. The number of hydrogen-bond acceptors (Lipinski definition) is 3. The molecule has 0 radical (unpaired) electrons. The van der Waals surface area contributed by atoms with Gasteiger partial charge in [-0.05, 0) is 18.1 Å².